The topological polar surface area (TPSA) is 168 Å². The Kier molecular flexibility index (Phi) is 6.52. The molecule has 4 amide bonds. The number of urea groups is 1. The number of anilines is 4. The number of amides is 4. The van der Waals surface area contributed by atoms with E-state index < -0.39 is 11.9 Å². The number of benzene rings is 1. The highest BCUT2D eigenvalue weighted by molar-refractivity contribution is 6.01. The van der Waals surface area contributed by atoms with Crippen molar-refractivity contribution in [1.82, 2.24) is 10.5 Å². The minimum Gasteiger partial charge on any atom is -0.492 e. The summed E-state index contributed by atoms with van der Waals surface area (Å²) in [6, 6.07) is 4.92. The Hall–Kier alpha value is -3.90. The smallest absolute Gasteiger partial charge is 0.343 e. The number of methoxy groups -OCH3 is 1. The number of hydroxylamine groups is 2. The lowest BCUT2D eigenvalue weighted by Gasteiger charge is -2.20. The van der Waals surface area contributed by atoms with Crippen LogP contribution in [0.2, 0.25) is 0 Å². The second kappa shape index (κ2) is 9.28. The highest BCUT2D eigenvalue weighted by Crippen LogP contribution is 2.38. The van der Waals surface area contributed by atoms with Gasteiger partial charge in [0.25, 0.3) is 5.91 Å². The van der Waals surface area contributed by atoms with E-state index in [2.05, 4.69) is 25.9 Å². The number of nitrogens with two attached hydrogens (primary N) is 1. The van der Waals surface area contributed by atoms with E-state index in [0.29, 0.717) is 5.69 Å². The van der Waals surface area contributed by atoms with Gasteiger partial charge in [0.15, 0.2) is 5.75 Å². The minimum atomic E-state index is -1.11. The largest absolute Gasteiger partial charge is 0.492 e. The molecule has 1 saturated carbocycles. The second-order valence-electron chi connectivity index (χ2n) is 6.65. The summed E-state index contributed by atoms with van der Waals surface area (Å²) in [5.74, 6) is -0.444. The summed E-state index contributed by atoms with van der Waals surface area (Å²) in [5, 5.41) is 15.9. The van der Waals surface area contributed by atoms with Crippen molar-refractivity contribution in [3.8, 4) is 5.75 Å². The van der Waals surface area contributed by atoms with Gasteiger partial charge in [0.05, 0.1) is 31.2 Å². The molecule has 12 heteroatoms. The summed E-state index contributed by atoms with van der Waals surface area (Å²) < 4.78 is 5.32. The van der Waals surface area contributed by atoms with Gasteiger partial charge >= 0.3 is 6.03 Å². The Morgan fingerprint density at radius 3 is 2.58 bits per heavy atom. The summed E-state index contributed by atoms with van der Waals surface area (Å²) in [4.78, 5) is 44.6. The Labute approximate surface area is 177 Å². The fraction of sp³-hybridized carbons (Fsp3) is 0.263. The summed E-state index contributed by atoms with van der Waals surface area (Å²) >= 11 is 0. The van der Waals surface area contributed by atoms with E-state index in [-0.39, 0.29) is 45.4 Å². The van der Waals surface area contributed by atoms with Crippen molar-refractivity contribution in [2.24, 2.45) is 11.7 Å². The Balaban J connectivity index is 1.99. The van der Waals surface area contributed by atoms with E-state index in [9.17, 15) is 19.6 Å². The van der Waals surface area contributed by atoms with Crippen LogP contribution in [0.3, 0.4) is 0 Å². The van der Waals surface area contributed by atoms with Gasteiger partial charge in [0.2, 0.25) is 5.91 Å². The summed E-state index contributed by atoms with van der Waals surface area (Å²) in [7, 11) is 2.63. The fourth-order valence-corrected chi connectivity index (χ4v) is 2.80. The number of ether oxygens (including phenoxy) is 1. The average Bonchev–Trinajstić information content (AvgIpc) is 3.59. The molecule has 0 unspecified atom stereocenters. The second-order valence-corrected chi connectivity index (χ2v) is 6.65. The number of aromatic nitrogens is 1. The first kappa shape index (κ1) is 21.8. The molecule has 0 atom stereocenters. The number of pyridine rings is 1. The molecule has 1 aromatic heterocycles. The lowest BCUT2D eigenvalue weighted by Crippen LogP contribution is -2.32. The Bertz CT molecular complexity index is 1010. The van der Waals surface area contributed by atoms with Crippen LogP contribution < -0.4 is 31.6 Å². The van der Waals surface area contributed by atoms with Crippen LogP contribution in [-0.2, 0) is 9.63 Å². The number of hydrogen-bond donors (Lipinski definition) is 5. The van der Waals surface area contributed by atoms with Gasteiger partial charge in [0.1, 0.15) is 11.5 Å². The van der Waals surface area contributed by atoms with E-state index in [1.165, 1.54) is 38.6 Å². The van der Waals surface area contributed by atoms with Gasteiger partial charge in [-0.15, -0.1) is 0 Å². The molecule has 1 heterocycles. The highest BCUT2D eigenvalue weighted by atomic mass is 16.6. The molecule has 2 aromatic rings. The summed E-state index contributed by atoms with van der Waals surface area (Å²) in [6.45, 7) is 0. The first-order valence-electron chi connectivity index (χ1n) is 9.22. The van der Waals surface area contributed by atoms with Crippen molar-refractivity contribution in [1.29, 1.82) is 0 Å². The number of nitrogens with zero attached hydrogens (tertiary/aromatic N) is 2. The van der Waals surface area contributed by atoms with Gasteiger partial charge in [-0.05, 0) is 25.0 Å². The van der Waals surface area contributed by atoms with Crippen LogP contribution in [0.15, 0.2) is 30.5 Å². The molecule has 31 heavy (non-hydrogen) atoms. The predicted molar refractivity (Wildman–Crippen MR) is 110 cm³/mol. The van der Waals surface area contributed by atoms with Crippen molar-refractivity contribution in [3.63, 3.8) is 0 Å². The SMILES string of the molecule is CONC(=O)c1cnc(NC(=O)C2CC2)cc1Nc1cccc(N(O)C(N)=O)c1OC. The number of carbonyl (C=O) groups is 3. The first-order chi connectivity index (χ1) is 14.8. The molecule has 1 fully saturated rings. The molecular weight excluding hydrogens is 408 g/mol. The summed E-state index contributed by atoms with van der Waals surface area (Å²) in [6.07, 6.45) is 2.93. The van der Waals surface area contributed by atoms with Gasteiger partial charge < -0.3 is 21.1 Å². The molecule has 0 bridgehead atoms. The van der Waals surface area contributed by atoms with E-state index in [1.807, 2.05) is 0 Å². The number of rotatable bonds is 8. The van der Waals surface area contributed by atoms with Crippen LogP contribution in [0.4, 0.5) is 27.7 Å². The van der Waals surface area contributed by atoms with Crippen molar-refractivity contribution >= 4 is 40.7 Å². The number of carbonyl (C=O) groups excluding carboxylic acids is 3. The van der Waals surface area contributed by atoms with Crippen LogP contribution in [0.5, 0.6) is 5.75 Å². The lowest BCUT2D eigenvalue weighted by molar-refractivity contribution is -0.117. The maximum Gasteiger partial charge on any atom is 0.343 e. The third-order valence-electron chi connectivity index (χ3n) is 4.45. The van der Waals surface area contributed by atoms with Crippen molar-refractivity contribution in [2.45, 2.75) is 12.8 Å². The maximum atomic E-state index is 12.4. The van der Waals surface area contributed by atoms with Crippen LogP contribution in [0.25, 0.3) is 0 Å². The predicted octanol–water partition coefficient (Wildman–Crippen LogP) is 1.75. The molecule has 0 spiro atoms. The van der Waals surface area contributed by atoms with Crippen LogP contribution in [-0.4, -0.2) is 42.3 Å². The van der Waals surface area contributed by atoms with Crippen LogP contribution >= 0.6 is 0 Å². The maximum absolute atomic E-state index is 12.4. The van der Waals surface area contributed by atoms with Crippen LogP contribution in [0.1, 0.15) is 23.2 Å². The van der Waals surface area contributed by atoms with Crippen molar-refractivity contribution in [2.75, 3.05) is 29.9 Å². The molecule has 6 N–H and O–H groups in total. The van der Waals surface area contributed by atoms with Crippen molar-refractivity contribution < 1.29 is 29.2 Å². The van der Waals surface area contributed by atoms with E-state index in [4.69, 9.17) is 10.5 Å². The fourth-order valence-electron chi connectivity index (χ4n) is 2.80. The average molecular weight is 430 g/mol. The zero-order valence-electron chi connectivity index (χ0n) is 16.8. The third-order valence-corrected chi connectivity index (χ3v) is 4.45. The molecule has 1 aliphatic carbocycles. The van der Waals surface area contributed by atoms with E-state index >= 15 is 0 Å². The number of para-hydroxylation sites is 1. The van der Waals surface area contributed by atoms with E-state index in [1.54, 1.807) is 6.07 Å². The zero-order valence-corrected chi connectivity index (χ0v) is 16.8. The molecule has 164 valence electrons. The van der Waals surface area contributed by atoms with Gasteiger partial charge in [-0.3, -0.25) is 19.6 Å². The monoisotopic (exact) mass is 430 g/mol. The quantitative estimate of drug-likeness (QED) is 0.312. The van der Waals surface area contributed by atoms with Gasteiger partial charge in [-0.25, -0.2) is 15.3 Å². The minimum absolute atomic E-state index is 0.0146. The van der Waals surface area contributed by atoms with E-state index in [0.717, 1.165) is 12.8 Å². The van der Waals surface area contributed by atoms with Crippen LogP contribution in [0, 0.1) is 5.92 Å². The van der Waals surface area contributed by atoms with Gasteiger partial charge in [-0.2, -0.15) is 5.06 Å². The molecule has 1 aromatic carbocycles. The Morgan fingerprint density at radius 2 is 1.97 bits per heavy atom. The lowest BCUT2D eigenvalue weighted by atomic mass is 10.2. The molecule has 0 radical (unpaired) electrons. The Morgan fingerprint density at radius 1 is 1.23 bits per heavy atom. The molecule has 0 aliphatic heterocycles. The molecule has 1 aliphatic rings. The zero-order chi connectivity index (χ0) is 22.5. The van der Waals surface area contributed by atoms with Gasteiger partial charge in [-0.1, -0.05) is 6.07 Å². The molecule has 3 rings (SSSR count). The number of primary amides is 1. The third kappa shape index (κ3) is 4.99. The standard InChI is InChI=1S/C19H22N6O6/c1-30-16-12(4-3-5-14(16)25(29)19(20)28)22-13-8-15(23-17(26)10-6-7-10)21-9-11(13)18(27)24-31-2/h3-5,8-10,29H,6-7H2,1-2H3,(H2,20,28)(H,24,27)(H2,21,22,23,26). The number of hydrogen-bond acceptors (Lipinski definition) is 8. The highest BCUT2D eigenvalue weighted by Gasteiger charge is 2.30. The normalized spacial score (nSPS) is 12.6. The first-order valence-corrected chi connectivity index (χ1v) is 9.22. The molecule has 0 saturated heterocycles. The van der Waals surface area contributed by atoms with Gasteiger partial charge in [0, 0.05) is 18.2 Å². The summed E-state index contributed by atoms with van der Waals surface area (Å²) in [5.41, 5.74) is 7.99. The molecular formula is C19H22N6O6. The molecule has 12 nitrogen and oxygen atoms in total. The number of nitrogens with one attached hydrogen (secondary N) is 3. The van der Waals surface area contributed by atoms with Crippen molar-refractivity contribution in [3.05, 3.63) is 36.0 Å².